The Bertz CT molecular complexity index is 709. The fourth-order valence-corrected chi connectivity index (χ4v) is 4.27. The van der Waals surface area contributed by atoms with Crippen LogP contribution in [0.2, 0.25) is 0 Å². The maximum atomic E-state index is 12.3. The molecule has 2 saturated heterocycles. The molecule has 4 rings (SSSR count). The van der Waals surface area contributed by atoms with Gasteiger partial charge < -0.3 is 19.9 Å². The van der Waals surface area contributed by atoms with Crippen molar-refractivity contribution in [3.63, 3.8) is 0 Å². The normalized spacial score (nSPS) is 24.1. The molecule has 8 nitrogen and oxygen atoms in total. The zero-order valence-corrected chi connectivity index (χ0v) is 17.4. The minimum atomic E-state index is -0.202. The van der Waals surface area contributed by atoms with Gasteiger partial charge in [-0.25, -0.2) is 0 Å². The third-order valence-corrected chi connectivity index (χ3v) is 6.31. The van der Waals surface area contributed by atoms with Gasteiger partial charge in [0.15, 0.2) is 0 Å². The van der Waals surface area contributed by atoms with Crippen LogP contribution in [0.25, 0.3) is 0 Å². The second-order valence-electron chi connectivity index (χ2n) is 8.69. The topological polar surface area (TPSA) is 79.7 Å². The van der Waals surface area contributed by atoms with Crippen molar-refractivity contribution in [1.82, 2.24) is 24.9 Å². The molecule has 160 valence electrons. The molecular formula is C21H33N5O3. The number of nitrogens with one attached hydrogen (secondary N) is 1. The maximum Gasteiger partial charge on any atom is 0.271 e. The highest BCUT2D eigenvalue weighted by atomic mass is 16.5. The van der Waals surface area contributed by atoms with E-state index < -0.39 is 0 Å². The van der Waals surface area contributed by atoms with Gasteiger partial charge in [-0.05, 0) is 63.6 Å². The zero-order valence-electron chi connectivity index (χ0n) is 17.4. The van der Waals surface area contributed by atoms with Crippen LogP contribution in [0, 0.1) is 11.8 Å². The number of ether oxygens (including phenoxy) is 1. The highest BCUT2D eigenvalue weighted by molar-refractivity contribution is 5.92. The predicted molar refractivity (Wildman–Crippen MR) is 108 cm³/mol. The lowest BCUT2D eigenvalue weighted by Crippen LogP contribution is -2.52. The van der Waals surface area contributed by atoms with Gasteiger partial charge in [-0.3, -0.25) is 14.3 Å². The summed E-state index contributed by atoms with van der Waals surface area (Å²) in [5.74, 6) is 1.38. The lowest BCUT2D eigenvalue weighted by molar-refractivity contribution is -0.149. The molecule has 1 aromatic rings. The minimum Gasteiger partial charge on any atom is -0.365 e. The molecule has 2 aliphatic heterocycles. The average molecular weight is 404 g/mol. The number of hydrogen-bond acceptors (Lipinski definition) is 5. The van der Waals surface area contributed by atoms with Gasteiger partial charge in [0, 0.05) is 38.9 Å². The summed E-state index contributed by atoms with van der Waals surface area (Å²) < 4.78 is 7.37. The van der Waals surface area contributed by atoms with Crippen molar-refractivity contribution in [2.45, 2.75) is 45.3 Å². The molecule has 1 aromatic heterocycles. The van der Waals surface area contributed by atoms with E-state index in [0.29, 0.717) is 24.7 Å². The molecule has 1 saturated carbocycles. The van der Waals surface area contributed by atoms with E-state index in [1.807, 2.05) is 11.8 Å². The highest BCUT2D eigenvalue weighted by Gasteiger charge is 2.31. The van der Waals surface area contributed by atoms with Gasteiger partial charge in [-0.2, -0.15) is 5.10 Å². The molecule has 3 fully saturated rings. The summed E-state index contributed by atoms with van der Waals surface area (Å²) >= 11 is 0. The summed E-state index contributed by atoms with van der Waals surface area (Å²) in [6.45, 7) is 8.14. The van der Waals surface area contributed by atoms with Crippen molar-refractivity contribution in [1.29, 1.82) is 0 Å². The van der Waals surface area contributed by atoms with Crippen LogP contribution < -0.4 is 5.32 Å². The largest absolute Gasteiger partial charge is 0.365 e. The van der Waals surface area contributed by atoms with Crippen molar-refractivity contribution in [2.24, 2.45) is 11.8 Å². The number of aromatic nitrogens is 2. The van der Waals surface area contributed by atoms with Gasteiger partial charge in [-0.15, -0.1) is 0 Å². The van der Waals surface area contributed by atoms with Crippen LogP contribution in [0.1, 0.15) is 43.1 Å². The molecule has 0 radical (unpaired) electrons. The van der Waals surface area contributed by atoms with E-state index in [4.69, 9.17) is 4.74 Å². The molecule has 29 heavy (non-hydrogen) atoms. The van der Waals surface area contributed by atoms with Crippen LogP contribution >= 0.6 is 0 Å². The van der Waals surface area contributed by atoms with Crippen LogP contribution in [0.4, 0.5) is 0 Å². The molecule has 1 aliphatic carbocycles. The minimum absolute atomic E-state index is 0.0645. The van der Waals surface area contributed by atoms with Gasteiger partial charge in [-0.1, -0.05) is 0 Å². The molecule has 3 aliphatic rings. The number of piperidine rings is 1. The van der Waals surface area contributed by atoms with Gasteiger partial charge in [0.25, 0.3) is 5.91 Å². The van der Waals surface area contributed by atoms with E-state index in [-0.39, 0.29) is 24.5 Å². The molecule has 0 bridgehead atoms. The number of hydrogen-bond donors (Lipinski definition) is 1. The summed E-state index contributed by atoms with van der Waals surface area (Å²) in [7, 11) is 0. The van der Waals surface area contributed by atoms with E-state index in [0.717, 1.165) is 32.1 Å². The second-order valence-corrected chi connectivity index (χ2v) is 8.69. The number of amides is 2. The summed E-state index contributed by atoms with van der Waals surface area (Å²) in [6.07, 6.45) is 6.77. The Morgan fingerprint density at radius 3 is 2.66 bits per heavy atom. The molecule has 1 N–H and O–H groups in total. The van der Waals surface area contributed by atoms with Crippen LogP contribution in [0.5, 0.6) is 0 Å². The molecule has 0 aromatic carbocycles. The number of rotatable bonds is 8. The summed E-state index contributed by atoms with van der Waals surface area (Å²) in [4.78, 5) is 29.1. The summed E-state index contributed by atoms with van der Waals surface area (Å²) in [5.41, 5.74) is 0.411. The maximum absolute atomic E-state index is 12.3. The Morgan fingerprint density at radius 1 is 1.21 bits per heavy atom. The standard InChI is InChI=1S/C21H33N5O3/c1-2-26-10-7-19(23-26)21(28)22-11-18-14-25(20(27)15-29-18)13-17-5-8-24(9-6-17)12-16-3-4-16/h7,10,16-18H,2-6,8-9,11-15H2,1H3,(H,22,28). The molecule has 2 amide bonds. The van der Waals surface area contributed by atoms with E-state index in [2.05, 4.69) is 15.3 Å². The Hall–Kier alpha value is -1.93. The third kappa shape index (κ3) is 5.57. The average Bonchev–Trinajstić information content (AvgIpc) is 3.41. The third-order valence-electron chi connectivity index (χ3n) is 6.31. The number of carbonyl (C=O) groups excluding carboxylic acids is 2. The highest BCUT2D eigenvalue weighted by Crippen LogP contribution is 2.31. The first kappa shape index (κ1) is 20.3. The first-order valence-electron chi connectivity index (χ1n) is 11.0. The Kier molecular flexibility index (Phi) is 6.50. The summed E-state index contributed by atoms with van der Waals surface area (Å²) in [6, 6.07) is 1.71. The second kappa shape index (κ2) is 9.26. The number of likely N-dealkylation sites (tertiary alicyclic amines) is 1. The molecule has 0 spiro atoms. The van der Waals surface area contributed by atoms with Crippen molar-refractivity contribution in [2.75, 3.05) is 45.9 Å². The summed E-state index contributed by atoms with van der Waals surface area (Å²) in [5, 5.41) is 7.11. The van der Waals surface area contributed by atoms with E-state index in [9.17, 15) is 9.59 Å². The first-order valence-corrected chi connectivity index (χ1v) is 11.0. The number of aryl methyl sites for hydroxylation is 1. The van der Waals surface area contributed by atoms with Crippen LogP contribution in [-0.2, 0) is 16.1 Å². The monoisotopic (exact) mass is 403 g/mol. The van der Waals surface area contributed by atoms with Crippen LogP contribution in [0.3, 0.4) is 0 Å². The van der Waals surface area contributed by atoms with Gasteiger partial charge >= 0.3 is 0 Å². The van der Waals surface area contributed by atoms with E-state index in [1.54, 1.807) is 16.9 Å². The van der Waals surface area contributed by atoms with E-state index >= 15 is 0 Å². The Balaban J connectivity index is 1.20. The van der Waals surface area contributed by atoms with Crippen molar-refractivity contribution >= 4 is 11.8 Å². The quantitative estimate of drug-likeness (QED) is 0.700. The first-order chi connectivity index (χ1) is 14.1. The van der Waals surface area contributed by atoms with E-state index in [1.165, 1.54) is 32.2 Å². The van der Waals surface area contributed by atoms with Gasteiger partial charge in [0.2, 0.25) is 5.91 Å². The smallest absolute Gasteiger partial charge is 0.271 e. The van der Waals surface area contributed by atoms with Crippen LogP contribution in [-0.4, -0.2) is 83.4 Å². The van der Waals surface area contributed by atoms with Crippen LogP contribution in [0.15, 0.2) is 12.3 Å². The van der Waals surface area contributed by atoms with Gasteiger partial charge in [0.1, 0.15) is 12.3 Å². The lowest BCUT2D eigenvalue weighted by Gasteiger charge is -2.38. The van der Waals surface area contributed by atoms with Gasteiger partial charge in [0.05, 0.1) is 6.10 Å². The molecule has 1 atom stereocenters. The molecular weight excluding hydrogens is 370 g/mol. The molecule has 8 heteroatoms. The number of morpholine rings is 1. The fraction of sp³-hybridized carbons (Fsp3) is 0.762. The van der Waals surface area contributed by atoms with Crippen molar-refractivity contribution in [3.8, 4) is 0 Å². The zero-order chi connectivity index (χ0) is 20.2. The Labute approximate surface area is 172 Å². The number of carbonyl (C=O) groups is 2. The number of nitrogens with zero attached hydrogens (tertiary/aromatic N) is 4. The fourth-order valence-electron chi connectivity index (χ4n) is 4.27. The lowest BCUT2D eigenvalue weighted by atomic mass is 9.95. The predicted octanol–water partition coefficient (Wildman–Crippen LogP) is 0.982. The Morgan fingerprint density at radius 2 is 1.97 bits per heavy atom. The molecule has 1 unspecified atom stereocenters. The molecule has 3 heterocycles. The SMILES string of the molecule is CCn1ccc(C(=O)NCC2CN(CC3CCN(CC4CC4)CC3)C(=O)CO2)n1. The van der Waals surface area contributed by atoms with Crippen molar-refractivity contribution in [3.05, 3.63) is 18.0 Å². The van der Waals surface area contributed by atoms with Crippen molar-refractivity contribution < 1.29 is 14.3 Å².